The molecule has 2 aromatic heterocycles. The van der Waals surface area contributed by atoms with Crippen LogP contribution in [0, 0.1) is 5.82 Å². The number of thiophene rings is 1. The van der Waals surface area contributed by atoms with Crippen molar-refractivity contribution in [2.45, 2.75) is 83.0 Å². The second kappa shape index (κ2) is 11.2. The number of amides is 2. The molecule has 1 unspecified atom stereocenters. The standard InChI is InChI=1S/C33H36FN3O2S/c1-2-27-19-28-30(40-27)20-29-31(38)37(21-23-15-17-25(34)18-16-23)33(22-36(28)29,24-11-7-6-8-12-24)32(39)35-26-13-9-4-3-5-10-14-26/h6-8,11-12,15-20,26H,2-5,9-10,13-14,21-22H2,1H3,(H,35,39). The van der Waals surface area contributed by atoms with E-state index in [2.05, 4.69) is 22.9 Å². The van der Waals surface area contributed by atoms with Crippen LogP contribution in [0.15, 0.2) is 66.7 Å². The summed E-state index contributed by atoms with van der Waals surface area (Å²) in [7, 11) is 0. The highest BCUT2D eigenvalue weighted by atomic mass is 32.1. The van der Waals surface area contributed by atoms with Crippen molar-refractivity contribution in [2.24, 2.45) is 0 Å². The lowest BCUT2D eigenvalue weighted by Crippen LogP contribution is -2.64. The molecular weight excluding hydrogens is 521 g/mol. The van der Waals surface area contributed by atoms with Gasteiger partial charge < -0.3 is 14.8 Å². The van der Waals surface area contributed by atoms with Crippen LogP contribution in [0.2, 0.25) is 0 Å². The third kappa shape index (κ3) is 4.85. The van der Waals surface area contributed by atoms with E-state index in [4.69, 9.17) is 0 Å². The molecule has 2 aliphatic rings. The minimum absolute atomic E-state index is 0.0788. The van der Waals surface area contributed by atoms with Crippen LogP contribution in [0.3, 0.4) is 0 Å². The lowest BCUT2D eigenvalue weighted by atomic mass is 9.83. The van der Waals surface area contributed by atoms with E-state index in [-0.39, 0.29) is 30.2 Å². The summed E-state index contributed by atoms with van der Waals surface area (Å²) in [5, 5.41) is 3.43. The smallest absolute Gasteiger partial charge is 0.272 e. The molecule has 0 radical (unpaired) electrons. The number of carbonyl (C=O) groups is 2. The molecule has 208 valence electrons. The van der Waals surface area contributed by atoms with Gasteiger partial charge in [-0.15, -0.1) is 11.3 Å². The molecule has 2 aromatic carbocycles. The molecule has 1 aliphatic carbocycles. The van der Waals surface area contributed by atoms with Gasteiger partial charge in [-0.2, -0.15) is 0 Å². The quantitative estimate of drug-likeness (QED) is 0.273. The first-order valence-electron chi connectivity index (χ1n) is 14.5. The van der Waals surface area contributed by atoms with Gasteiger partial charge in [0.1, 0.15) is 11.5 Å². The molecule has 40 heavy (non-hydrogen) atoms. The maximum Gasteiger partial charge on any atom is 0.272 e. The third-order valence-electron chi connectivity index (χ3n) is 8.62. The van der Waals surface area contributed by atoms with Gasteiger partial charge in [0, 0.05) is 17.5 Å². The lowest BCUT2D eigenvalue weighted by Gasteiger charge is -2.47. The summed E-state index contributed by atoms with van der Waals surface area (Å²) >= 11 is 1.70. The number of nitrogens with zero attached hydrogens (tertiary/aromatic N) is 2. The fraction of sp³-hybridized carbons (Fsp3) is 0.394. The van der Waals surface area contributed by atoms with Crippen molar-refractivity contribution in [1.82, 2.24) is 14.8 Å². The maximum atomic E-state index is 14.7. The first kappa shape index (κ1) is 26.8. The van der Waals surface area contributed by atoms with Crippen LogP contribution in [-0.2, 0) is 29.8 Å². The highest BCUT2D eigenvalue weighted by Gasteiger charge is 2.53. The number of aryl methyl sites for hydroxylation is 1. The molecule has 1 N–H and O–H groups in total. The molecule has 0 spiro atoms. The van der Waals surface area contributed by atoms with Gasteiger partial charge in [-0.05, 0) is 54.7 Å². The highest BCUT2D eigenvalue weighted by Crippen LogP contribution is 2.42. The number of nitrogens with one attached hydrogen (secondary N) is 1. The predicted octanol–water partition coefficient (Wildman–Crippen LogP) is 7.18. The van der Waals surface area contributed by atoms with Gasteiger partial charge in [0.25, 0.3) is 11.8 Å². The van der Waals surface area contributed by atoms with Crippen molar-refractivity contribution in [2.75, 3.05) is 0 Å². The number of halogens is 1. The molecule has 7 heteroatoms. The van der Waals surface area contributed by atoms with Gasteiger partial charge in [0.2, 0.25) is 0 Å². The fourth-order valence-corrected chi connectivity index (χ4v) is 7.45. The summed E-state index contributed by atoms with van der Waals surface area (Å²) in [5.41, 5.74) is 1.90. The van der Waals surface area contributed by atoms with Gasteiger partial charge >= 0.3 is 0 Å². The van der Waals surface area contributed by atoms with E-state index in [0.717, 1.165) is 53.4 Å². The number of hydrogen-bond donors (Lipinski definition) is 1. The summed E-state index contributed by atoms with van der Waals surface area (Å²) in [6.45, 7) is 2.65. The first-order valence-corrected chi connectivity index (χ1v) is 15.4. The molecule has 6 rings (SSSR count). The van der Waals surface area contributed by atoms with Crippen LogP contribution < -0.4 is 5.32 Å². The van der Waals surface area contributed by atoms with E-state index in [0.29, 0.717) is 12.2 Å². The van der Waals surface area contributed by atoms with Crippen molar-refractivity contribution in [1.29, 1.82) is 0 Å². The summed E-state index contributed by atoms with van der Waals surface area (Å²) in [5.74, 6) is -0.655. The summed E-state index contributed by atoms with van der Waals surface area (Å²) in [4.78, 5) is 32.2. The Hall–Kier alpha value is -3.45. The van der Waals surface area contributed by atoms with Crippen LogP contribution >= 0.6 is 11.3 Å². The second-order valence-electron chi connectivity index (χ2n) is 11.2. The van der Waals surface area contributed by atoms with Gasteiger partial charge in [-0.3, -0.25) is 9.59 Å². The molecule has 0 bridgehead atoms. The Morgan fingerprint density at radius 2 is 1.70 bits per heavy atom. The van der Waals surface area contributed by atoms with Crippen LogP contribution in [0.4, 0.5) is 4.39 Å². The van der Waals surface area contributed by atoms with Crippen LogP contribution in [0.25, 0.3) is 10.2 Å². The third-order valence-corrected chi connectivity index (χ3v) is 9.84. The van der Waals surface area contributed by atoms with Crippen molar-refractivity contribution >= 4 is 33.4 Å². The maximum absolute atomic E-state index is 14.7. The molecule has 3 heterocycles. The van der Waals surface area contributed by atoms with E-state index in [1.54, 1.807) is 28.4 Å². The number of carbonyl (C=O) groups excluding carboxylic acids is 2. The van der Waals surface area contributed by atoms with E-state index in [9.17, 15) is 14.0 Å². The molecule has 2 amide bonds. The Morgan fingerprint density at radius 3 is 2.40 bits per heavy atom. The SMILES string of the molecule is CCc1cc2c(cc3n2CC(C(=O)NC2CCCCCCC2)(c2ccccc2)N(Cc2ccc(F)cc2)C3=O)s1. The van der Waals surface area contributed by atoms with Gasteiger partial charge in [-0.1, -0.05) is 81.5 Å². The van der Waals surface area contributed by atoms with Crippen LogP contribution in [0.1, 0.15) is 78.4 Å². The molecule has 5 nitrogen and oxygen atoms in total. The summed E-state index contributed by atoms with van der Waals surface area (Å²) < 4.78 is 16.9. The first-order chi connectivity index (χ1) is 19.5. The average molecular weight is 558 g/mol. The minimum atomic E-state index is -1.26. The summed E-state index contributed by atoms with van der Waals surface area (Å²) in [6, 6.07) is 20.1. The van der Waals surface area contributed by atoms with Crippen LogP contribution in [-0.4, -0.2) is 27.3 Å². The zero-order chi connectivity index (χ0) is 27.7. The monoisotopic (exact) mass is 557 g/mol. The van der Waals surface area contributed by atoms with Crippen molar-refractivity contribution in [3.63, 3.8) is 0 Å². The van der Waals surface area contributed by atoms with E-state index < -0.39 is 5.54 Å². The minimum Gasteiger partial charge on any atom is -0.351 e. The van der Waals surface area contributed by atoms with E-state index in [1.165, 1.54) is 36.3 Å². The van der Waals surface area contributed by atoms with Crippen molar-refractivity contribution in [3.8, 4) is 0 Å². The zero-order valence-corrected chi connectivity index (χ0v) is 23.8. The highest BCUT2D eigenvalue weighted by molar-refractivity contribution is 7.19. The Morgan fingerprint density at radius 1 is 1.00 bits per heavy atom. The Labute approximate surface area is 239 Å². The van der Waals surface area contributed by atoms with Gasteiger partial charge in [-0.25, -0.2) is 4.39 Å². The molecule has 1 atom stereocenters. The van der Waals surface area contributed by atoms with Crippen LogP contribution in [0.5, 0.6) is 0 Å². The Bertz CT molecular complexity index is 1500. The second-order valence-corrected chi connectivity index (χ2v) is 12.4. The topological polar surface area (TPSA) is 54.3 Å². The molecule has 1 fully saturated rings. The number of hydrogen-bond acceptors (Lipinski definition) is 3. The molecule has 1 aliphatic heterocycles. The lowest BCUT2D eigenvalue weighted by molar-refractivity contribution is -0.136. The van der Waals surface area contributed by atoms with Crippen molar-refractivity contribution in [3.05, 3.63) is 94.2 Å². The Kier molecular flexibility index (Phi) is 7.49. The molecular formula is C33H36FN3O2S. The average Bonchev–Trinajstić information content (AvgIpc) is 3.51. The predicted molar refractivity (Wildman–Crippen MR) is 158 cm³/mol. The van der Waals surface area contributed by atoms with E-state index >= 15 is 0 Å². The van der Waals surface area contributed by atoms with Gasteiger partial charge in [0.05, 0.1) is 16.8 Å². The normalized spacial score (nSPS) is 20.2. The number of benzene rings is 2. The number of aromatic nitrogens is 1. The number of rotatable bonds is 6. The molecule has 4 aromatic rings. The van der Waals surface area contributed by atoms with Gasteiger partial charge in [0.15, 0.2) is 5.54 Å². The molecule has 0 saturated heterocycles. The Balaban J connectivity index is 1.50. The fourth-order valence-electron chi connectivity index (χ4n) is 6.41. The largest absolute Gasteiger partial charge is 0.351 e. The zero-order valence-electron chi connectivity index (χ0n) is 23.0. The summed E-state index contributed by atoms with van der Waals surface area (Å²) in [6.07, 6.45) is 8.64. The number of fused-ring (bicyclic) bond motifs is 3. The van der Waals surface area contributed by atoms with Crippen molar-refractivity contribution < 1.29 is 14.0 Å². The van der Waals surface area contributed by atoms with E-state index in [1.807, 2.05) is 36.4 Å². The molecule has 1 saturated carbocycles.